The van der Waals surface area contributed by atoms with E-state index in [1.165, 1.54) is 12.4 Å². The monoisotopic (exact) mass is 208 g/mol. The molecule has 1 atom stereocenters. The molecule has 4 heteroatoms. The van der Waals surface area contributed by atoms with Gasteiger partial charge < -0.3 is 4.98 Å². The van der Waals surface area contributed by atoms with E-state index in [1.54, 1.807) is 19.2 Å². The van der Waals surface area contributed by atoms with Gasteiger partial charge in [0.25, 0.3) is 0 Å². The third kappa shape index (κ3) is 1.75. The number of hydrogen-bond donors (Lipinski definition) is 1. The van der Waals surface area contributed by atoms with E-state index in [-0.39, 0.29) is 5.92 Å². The van der Waals surface area contributed by atoms with E-state index >= 15 is 0 Å². The first-order valence-electron chi connectivity index (χ1n) is 4.62. The maximum absolute atomic E-state index is 13.4. The highest BCUT2D eigenvalue weighted by Gasteiger charge is 2.16. The Hall–Kier alpha value is -1.71. The lowest BCUT2D eigenvalue weighted by atomic mass is 9.98. The Balaban J connectivity index is 2.42. The average molecular weight is 208 g/mol. The normalized spacial score (nSPS) is 12.7. The number of H-pyrrole nitrogens is 1. The minimum Gasteiger partial charge on any atom is -0.348 e. The van der Waals surface area contributed by atoms with Gasteiger partial charge in [-0.15, -0.1) is 0 Å². The van der Waals surface area contributed by atoms with Gasteiger partial charge >= 0.3 is 0 Å². The number of hydrogen-bond acceptors (Lipinski definition) is 1. The summed E-state index contributed by atoms with van der Waals surface area (Å²) in [6.45, 7) is 1.80. The maximum Gasteiger partial charge on any atom is 0.162 e. The van der Waals surface area contributed by atoms with Crippen molar-refractivity contribution in [3.05, 3.63) is 53.6 Å². The molecule has 0 saturated carbocycles. The zero-order valence-corrected chi connectivity index (χ0v) is 8.17. The van der Waals surface area contributed by atoms with Gasteiger partial charge in [-0.1, -0.05) is 19.1 Å². The zero-order valence-electron chi connectivity index (χ0n) is 8.17. The van der Waals surface area contributed by atoms with E-state index in [0.29, 0.717) is 5.56 Å². The van der Waals surface area contributed by atoms with Gasteiger partial charge in [0.15, 0.2) is 11.6 Å². The van der Waals surface area contributed by atoms with Crippen LogP contribution in [0.3, 0.4) is 0 Å². The van der Waals surface area contributed by atoms with Gasteiger partial charge in [0.1, 0.15) is 0 Å². The summed E-state index contributed by atoms with van der Waals surface area (Å²) in [6.07, 6.45) is 3.12. The largest absolute Gasteiger partial charge is 0.348 e. The molecule has 1 unspecified atom stereocenters. The van der Waals surface area contributed by atoms with Crippen molar-refractivity contribution in [2.75, 3.05) is 0 Å². The van der Waals surface area contributed by atoms with E-state index in [4.69, 9.17) is 0 Å². The molecule has 1 N–H and O–H groups in total. The molecule has 0 aliphatic carbocycles. The van der Waals surface area contributed by atoms with Crippen molar-refractivity contribution in [2.45, 2.75) is 12.8 Å². The standard InChI is InChI=1S/C11H10F2N2/c1-7(10-5-14-6-15-10)8-3-2-4-9(12)11(8)13/h2-7H,1H3,(H,14,15). The molecule has 0 aliphatic heterocycles. The van der Waals surface area contributed by atoms with Crippen molar-refractivity contribution in [2.24, 2.45) is 0 Å². The van der Waals surface area contributed by atoms with Crippen molar-refractivity contribution < 1.29 is 8.78 Å². The van der Waals surface area contributed by atoms with Crippen LogP contribution >= 0.6 is 0 Å². The number of halogens is 2. The Labute approximate surface area is 86.0 Å². The first kappa shape index (κ1) is 9.83. The molecule has 2 rings (SSSR count). The predicted octanol–water partition coefficient (Wildman–Crippen LogP) is 2.84. The van der Waals surface area contributed by atoms with E-state index < -0.39 is 11.6 Å². The highest BCUT2D eigenvalue weighted by molar-refractivity contribution is 5.28. The maximum atomic E-state index is 13.4. The van der Waals surface area contributed by atoms with Gasteiger partial charge in [0.05, 0.1) is 6.33 Å². The van der Waals surface area contributed by atoms with Crippen LogP contribution < -0.4 is 0 Å². The fourth-order valence-electron chi connectivity index (χ4n) is 1.53. The van der Waals surface area contributed by atoms with Crippen LogP contribution in [0, 0.1) is 11.6 Å². The fourth-order valence-corrected chi connectivity index (χ4v) is 1.53. The Morgan fingerprint density at radius 3 is 2.80 bits per heavy atom. The van der Waals surface area contributed by atoms with Crippen LogP contribution in [0.5, 0.6) is 0 Å². The lowest BCUT2D eigenvalue weighted by Gasteiger charge is -2.10. The summed E-state index contributed by atoms with van der Waals surface area (Å²) in [4.78, 5) is 6.73. The smallest absolute Gasteiger partial charge is 0.162 e. The van der Waals surface area contributed by atoms with Crippen molar-refractivity contribution >= 4 is 0 Å². The second kappa shape index (κ2) is 3.81. The fraction of sp³-hybridized carbons (Fsp3) is 0.182. The molecule has 0 aliphatic rings. The molecular weight excluding hydrogens is 198 g/mol. The third-order valence-corrected chi connectivity index (χ3v) is 2.43. The minimum absolute atomic E-state index is 0.233. The number of benzene rings is 1. The van der Waals surface area contributed by atoms with E-state index in [9.17, 15) is 8.78 Å². The zero-order chi connectivity index (χ0) is 10.8. The van der Waals surface area contributed by atoms with Gasteiger partial charge in [0.2, 0.25) is 0 Å². The number of aromatic amines is 1. The molecule has 0 bridgehead atoms. The van der Waals surface area contributed by atoms with Crippen LogP contribution in [0.15, 0.2) is 30.7 Å². The summed E-state index contributed by atoms with van der Waals surface area (Å²) < 4.78 is 26.4. The number of imidazole rings is 1. The molecule has 0 spiro atoms. The molecule has 1 heterocycles. The van der Waals surface area contributed by atoms with Crippen molar-refractivity contribution in [1.29, 1.82) is 0 Å². The third-order valence-electron chi connectivity index (χ3n) is 2.43. The Morgan fingerprint density at radius 2 is 2.13 bits per heavy atom. The quantitative estimate of drug-likeness (QED) is 0.807. The van der Waals surface area contributed by atoms with E-state index in [2.05, 4.69) is 9.97 Å². The number of rotatable bonds is 2. The second-order valence-corrected chi connectivity index (χ2v) is 3.37. The van der Waals surface area contributed by atoms with Gasteiger partial charge in [0, 0.05) is 17.8 Å². The predicted molar refractivity (Wildman–Crippen MR) is 52.5 cm³/mol. The first-order valence-corrected chi connectivity index (χ1v) is 4.62. The summed E-state index contributed by atoms with van der Waals surface area (Å²) in [5, 5.41) is 0. The minimum atomic E-state index is -0.820. The molecule has 2 nitrogen and oxygen atoms in total. The highest BCUT2D eigenvalue weighted by atomic mass is 19.2. The van der Waals surface area contributed by atoms with Crippen molar-refractivity contribution in [3.8, 4) is 0 Å². The molecule has 78 valence electrons. The number of nitrogens with one attached hydrogen (secondary N) is 1. The van der Waals surface area contributed by atoms with Gasteiger partial charge in [-0.2, -0.15) is 0 Å². The Bertz CT molecular complexity index is 452. The summed E-state index contributed by atoms with van der Waals surface area (Å²) in [6, 6.07) is 4.18. The molecule has 2 aromatic rings. The molecule has 0 amide bonds. The van der Waals surface area contributed by atoms with E-state index in [1.807, 2.05) is 0 Å². The van der Waals surface area contributed by atoms with Gasteiger partial charge in [-0.25, -0.2) is 13.8 Å². The topological polar surface area (TPSA) is 28.7 Å². The molecule has 15 heavy (non-hydrogen) atoms. The second-order valence-electron chi connectivity index (χ2n) is 3.37. The summed E-state index contributed by atoms with van der Waals surface area (Å²) in [5.74, 6) is -1.85. The van der Waals surface area contributed by atoms with Crippen LogP contribution in [-0.4, -0.2) is 9.97 Å². The van der Waals surface area contributed by atoms with Crippen LogP contribution in [-0.2, 0) is 0 Å². The molecule has 1 aromatic heterocycles. The van der Waals surface area contributed by atoms with Crippen LogP contribution in [0.4, 0.5) is 8.78 Å². The highest BCUT2D eigenvalue weighted by Crippen LogP contribution is 2.25. The Kier molecular flexibility index (Phi) is 2.49. The molecule has 0 fully saturated rings. The lowest BCUT2D eigenvalue weighted by Crippen LogP contribution is -2.01. The molecule has 0 radical (unpaired) electrons. The summed E-state index contributed by atoms with van der Waals surface area (Å²) >= 11 is 0. The first-order chi connectivity index (χ1) is 7.20. The Morgan fingerprint density at radius 1 is 1.33 bits per heavy atom. The van der Waals surface area contributed by atoms with Crippen LogP contribution in [0.1, 0.15) is 24.1 Å². The van der Waals surface area contributed by atoms with Crippen LogP contribution in [0.2, 0.25) is 0 Å². The summed E-state index contributed by atoms with van der Waals surface area (Å²) in [7, 11) is 0. The van der Waals surface area contributed by atoms with Gasteiger partial charge in [-0.05, 0) is 11.6 Å². The number of aromatic nitrogens is 2. The summed E-state index contributed by atoms with van der Waals surface area (Å²) in [5.41, 5.74) is 1.10. The average Bonchev–Trinajstić information content (AvgIpc) is 2.74. The number of nitrogens with zero attached hydrogens (tertiary/aromatic N) is 1. The molecule has 1 aromatic carbocycles. The van der Waals surface area contributed by atoms with Crippen molar-refractivity contribution in [3.63, 3.8) is 0 Å². The van der Waals surface area contributed by atoms with E-state index in [0.717, 1.165) is 11.8 Å². The SMILES string of the molecule is CC(c1cnc[nH]1)c1cccc(F)c1F. The molecular formula is C11H10F2N2. The lowest BCUT2D eigenvalue weighted by molar-refractivity contribution is 0.495. The van der Waals surface area contributed by atoms with Crippen molar-refractivity contribution in [1.82, 2.24) is 9.97 Å². The van der Waals surface area contributed by atoms with Gasteiger partial charge in [-0.3, -0.25) is 0 Å². The molecule has 0 saturated heterocycles. The van der Waals surface area contributed by atoms with Crippen LogP contribution in [0.25, 0.3) is 0 Å².